The summed E-state index contributed by atoms with van der Waals surface area (Å²) in [6.45, 7) is 5.74. The highest BCUT2D eigenvalue weighted by atomic mass is 32.2. The van der Waals surface area contributed by atoms with E-state index >= 15 is 0 Å². The topological polar surface area (TPSA) is 72.8 Å². The summed E-state index contributed by atoms with van der Waals surface area (Å²) in [7, 11) is 0. The van der Waals surface area contributed by atoms with Gasteiger partial charge in [0.05, 0.1) is 19.6 Å². The summed E-state index contributed by atoms with van der Waals surface area (Å²) in [5, 5.41) is 8.48. The van der Waals surface area contributed by atoms with Gasteiger partial charge in [0.1, 0.15) is 6.61 Å². The van der Waals surface area contributed by atoms with Gasteiger partial charge in [-0.3, -0.25) is 4.79 Å². The number of ether oxygens (including phenoxy) is 2. The Morgan fingerprint density at radius 2 is 2.00 bits per heavy atom. The van der Waals surface area contributed by atoms with Crippen molar-refractivity contribution in [2.45, 2.75) is 19.8 Å². The van der Waals surface area contributed by atoms with Crippen LogP contribution in [-0.2, 0) is 19.1 Å². The minimum atomic E-state index is -0.509. The van der Waals surface area contributed by atoms with Gasteiger partial charge in [0.15, 0.2) is 0 Å². The molecule has 0 aromatic heterocycles. The summed E-state index contributed by atoms with van der Waals surface area (Å²) in [6, 6.07) is 0. The molecular formula is C12H20O5S. The normalized spacial score (nSPS) is 9.89. The molecule has 104 valence electrons. The van der Waals surface area contributed by atoms with E-state index in [-0.39, 0.29) is 19.2 Å². The van der Waals surface area contributed by atoms with E-state index < -0.39 is 5.97 Å². The van der Waals surface area contributed by atoms with Crippen molar-refractivity contribution in [2.24, 2.45) is 0 Å². The van der Waals surface area contributed by atoms with E-state index in [2.05, 4.69) is 6.58 Å². The average molecular weight is 276 g/mol. The van der Waals surface area contributed by atoms with E-state index in [1.165, 1.54) is 11.8 Å². The van der Waals surface area contributed by atoms with Crippen LogP contribution < -0.4 is 0 Å². The van der Waals surface area contributed by atoms with Gasteiger partial charge in [0.2, 0.25) is 0 Å². The van der Waals surface area contributed by atoms with Crippen molar-refractivity contribution >= 4 is 23.7 Å². The standard InChI is InChI=1S/C12H20O5S/c1-3-6-16-11(14)4-8-18-9-10(2)12(15)17-7-5-13/h13H,2-9H2,1H3. The maximum atomic E-state index is 11.2. The second-order valence-corrected chi connectivity index (χ2v) is 4.59. The molecule has 18 heavy (non-hydrogen) atoms. The van der Waals surface area contributed by atoms with E-state index in [4.69, 9.17) is 14.6 Å². The molecule has 0 fully saturated rings. The summed E-state index contributed by atoms with van der Waals surface area (Å²) in [5.74, 6) is 0.253. The Labute approximate surface area is 112 Å². The second kappa shape index (κ2) is 11.1. The summed E-state index contributed by atoms with van der Waals surface area (Å²) in [5.41, 5.74) is 0.329. The van der Waals surface area contributed by atoms with Crippen LogP contribution in [0.15, 0.2) is 12.2 Å². The lowest BCUT2D eigenvalue weighted by Gasteiger charge is -2.06. The van der Waals surface area contributed by atoms with Crippen LogP contribution >= 0.6 is 11.8 Å². The average Bonchev–Trinajstić information content (AvgIpc) is 2.38. The monoisotopic (exact) mass is 276 g/mol. The molecule has 1 N–H and O–H groups in total. The third-order valence-corrected chi connectivity index (χ3v) is 2.85. The first kappa shape index (κ1) is 17.0. The molecule has 0 unspecified atom stereocenters. The molecule has 0 heterocycles. The number of esters is 2. The van der Waals surface area contributed by atoms with E-state index in [1.54, 1.807) is 0 Å². The molecule has 0 aliphatic heterocycles. The van der Waals surface area contributed by atoms with Gasteiger partial charge < -0.3 is 14.6 Å². The van der Waals surface area contributed by atoms with Crippen LogP contribution in [0.25, 0.3) is 0 Å². The Kier molecular flexibility index (Phi) is 10.5. The molecule has 0 saturated heterocycles. The molecule has 0 aromatic carbocycles. The highest BCUT2D eigenvalue weighted by Crippen LogP contribution is 2.09. The Morgan fingerprint density at radius 1 is 1.28 bits per heavy atom. The third kappa shape index (κ3) is 9.07. The predicted molar refractivity (Wildman–Crippen MR) is 70.4 cm³/mol. The zero-order valence-corrected chi connectivity index (χ0v) is 11.5. The molecule has 0 spiro atoms. The van der Waals surface area contributed by atoms with Crippen LogP contribution in [0.2, 0.25) is 0 Å². The highest BCUT2D eigenvalue weighted by Gasteiger charge is 2.09. The van der Waals surface area contributed by atoms with Crippen molar-refractivity contribution < 1.29 is 24.2 Å². The molecule has 0 bridgehead atoms. The van der Waals surface area contributed by atoms with Crippen molar-refractivity contribution in [2.75, 3.05) is 31.3 Å². The molecular weight excluding hydrogens is 256 g/mol. The Balaban J connectivity index is 3.56. The van der Waals surface area contributed by atoms with Crippen LogP contribution in [0.1, 0.15) is 19.8 Å². The van der Waals surface area contributed by atoms with E-state index in [9.17, 15) is 9.59 Å². The number of thioether (sulfide) groups is 1. The number of hydrogen-bond acceptors (Lipinski definition) is 6. The number of aliphatic hydroxyl groups is 1. The minimum Gasteiger partial charge on any atom is -0.466 e. The van der Waals surface area contributed by atoms with Gasteiger partial charge in [-0.05, 0) is 6.42 Å². The number of carbonyl (C=O) groups is 2. The van der Waals surface area contributed by atoms with Crippen molar-refractivity contribution in [3.8, 4) is 0 Å². The van der Waals surface area contributed by atoms with Crippen LogP contribution in [0, 0.1) is 0 Å². The van der Waals surface area contributed by atoms with Crippen LogP contribution in [0.3, 0.4) is 0 Å². The van der Waals surface area contributed by atoms with Crippen LogP contribution in [0.5, 0.6) is 0 Å². The van der Waals surface area contributed by atoms with Gasteiger partial charge in [0, 0.05) is 17.1 Å². The fraction of sp³-hybridized carbons (Fsp3) is 0.667. The van der Waals surface area contributed by atoms with Gasteiger partial charge in [-0.2, -0.15) is 11.8 Å². The maximum Gasteiger partial charge on any atom is 0.334 e. The van der Waals surface area contributed by atoms with Crippen LogP contribution in [0.4, 0.5) is 0 Å². The SMILES string of the molecule is C=C(CSCCC(=O)OCCC)C(=O)OCCO. The van der Waals surface area contributed by atoms with Crippen molar-refractivity contribution in [1.82, 2.24) is 0 Å². The second-order valence-electron chi connectivity index (χ2n) is 3.49. The highest BCUT2D eigenvalue weighted by molar-refractivity contribution is 7.99. The number of aliphatic hydroxyl groups excluding tert-OH is 1. The minimum absolute atomic E-state index is 0.0220. The smallest absolute Gasteiger partial charge is 0.334 e. The molecule has 0 aromatic rings. The zero-order valence-electron chi connectivity index (χ0n) is 10.6. The lowest BCUT2D eigenvalue weighted by Crippen LogP contribution is -2.12. The summed E-state index contributed by atoms with van der Waals surface area (Å²) in [6.07, 6.45) is 1.13. The summed E-state index contributed by atoms with van der Waals surface area (Å²) >= 11 is 1.42. The van der Waals surface area contributed by atoms with Gasteiger partial charge in [-0.1, -0.05) is 13.5 Å². The zero-order chi connectivity index (χ0) is 13.8. The quantitative estimate of drug-likeness (QED) is 0.367. The van der Waals surface area contributed by atoms with E-state index in [0.29, 0.717) is 30.1 Å². The largest absolute Gasteiger partial charge is 0.466 e. The lowest BCUT2D eigenvalue weighted by molar-refractivity contribution is -0.143. The molecule has 0 amide bonds. The summed E-state index contributed by atoms with van der Waals surface area (Å²) in [4.78, 5) is 22.4. The van der Waals surface area contributed by atoms with Crippen molar-refractivity contribution in [3.63, 3.8) is 0 Å². The molecule has 6 heteroatoms. The Bertz CT molecular complexity index is 278. The Hall–Kier alpha value is -1.01. The third-order valence-electron chi connectivity index (χ3n) is 1.81. The van der Waals surface area contributed by atoms with E-state index in [0.717, 1.165) is 6.42 Å². The molecule has 5 nitrogen and oxygen atoms in total. The van der Waals surface area contributed by atoms with Gasteiger partial charge in [-0.15, -0.1) is 0 Å². The first-order valence-corrected chi connectivity index (χ1v) is 6.96. The molecule has 0 saturated carbocycles. The predicted octanol–water partition coefficient (Wildman–Crippen LogP) is 1.15. The van der Waals surface area contributed by atoms with Crippen molar-refractivity contribution in [1.29, 1.82) is 0 Å². The van der Waals surface area contributed by atoms with Gasteiger partial charge in [-0.25, -0.2) is 4.79 Å². The molecule has 0 aliphatic carbocycles. The molecule has 0 radical (unpaired) electrons. The first-order chi connectivity index (χ1) is 8.61. The molecule has 0 rings (SSSR count). The molecule has 0 atom stereocenters. The van der Waals surface area contributed by atoms with Gasteiger partial charge >= 0.3 is 11.9 Å². The van der Waals surface area contributed by atoms with E-state index in [1.807, 2.05) is 6.92 Å². The summed E-state index contributed by atoms with van der Waals surface area (Å²) < 4.78 is 9.60. The fourth-order valence-electron chi connectivity index (χ4n) is 0.938. The maximum absolute atomic E-state index is 11.2. The fourth-order valence-corrected chi connectivity index (χ4v) is 1.76. The first-order valence-electron chi connectivity index (χ1n) is 5.81. The van der Waals surface area contributed by atoms with Crippen LogP contribution in [-0.4, -0.2) is 48.4 Å². The number of carbonyl (C=O) groups excluding carboxylic acids is 2. The van der Waals surface area contributed by atoms with Crippen molar-refractivity contribution in [3.05, 3.63) is 12.2 Å². The Morgan fingerprint density at radius 3 is 2.61 bits per heavy atom. The number of rotatable bonds is 10. The lowest BCUT2D eigenvalue weighted by atomic mass is 10.4. The molecule has 0 aliphatic rings. The number of hydrogen-bond donors (Lipinski definition) is 1. The van der Waals surface area contributed by atoms with Gasteiger partial charge in [0.25, 0.3) is 0 Å².